The van der Waals surface area contributed by atoms with E-state index >= 15 is 0 Å². The number of aromatic nitrogens is 3. The highest BCUT2D eigenvalue weighted by atomic mass is 16.4. The number of aryl methyl sites for hydroxylation is 1. The molecule has 0 aliphatic carbocycles. The van der Waals surface area contributed by atoms with Crippen LogP contribution in [0.25, 0.3) is 0 Å². The van der Waals surface area contributed by atoms with E-state index in [1.54, 1.807) is 16.8 Å². The molecule has 0 amide bonds. The fraction of sp³-hybridized carbons (Fsp3) is 0.308. The summed E-state index contributed by atoms with van der Waals surface area (Å²) in [6.07, 6.45) is 1.47. The van der Waals surface area contributed by atoms with E-state index in [0.29, 0.717) is 13.1 Å². The van der Waals surface area contributed by atoms with Crippen molar-refractivity contribution in [3.8, 4) is 0 Å². The molecular weight excluding hydrogens is 244 g/mol. The molecule has 100 valence electrons. The maximum Gasteiger partial charge on any atom is 0.325 e. The lowest BCUT2D eigenvalue weighted by Gasteiger charge is -2.14. The minimum Gasteiger partial charge on any atom is -0.480 e. The number of nitrogens with one attached hydrogen (secondary N) is 1. The molecule has 1 atom stereocenters. The van der Waals surface area contributed by atoms with Crippen molar-refractivity contribution in [3.05, 3.63) is 48.0 Å². The largest absolute Gasteiger partial charge is 0.480 e. The third-order valence-electron chi connectivity index (χ3n) is 2.84. The molecule has 0 radical (unpaired) electrons. The third kappa shape index (κ3) is 3.17. The standard InChI is InChI=1S/C13H16N4O2/c1-2-17-11(15-9-16-17)8-14-12(13(18)19)10-6-4-3-5-7-10/h3-7,9,12,14H,2,8H2,1H3,(H,18,19). The Hall–Kier alpha value is -2.21. The lowest BCUT2D eigenvalue weighted by atomic mass is 10.1. The Bertz CT molecular complexity index is 539. The number of hydrogen-bond acceptors (Lipinski definition) is 4. The van der Waals surface area contributed by atoms with Crippen molar-refractivity contribution in [2.45, 2.75) is 26.1 Å². The van der Waals surface area contributed by atoms with Crippen LogP contribution in [-0.4, -0.2) is 25.8 Å². The zero-order chi connectivity index (χ0) is 13.7. The average molecular weight is 260 g/mol. The normalized spacial score (nSPS) is 12.3. The van der Waals surface area contributed by atoms with Gasteiger partial charge in [0.1, 0.15) is 18.2 Å². The quantitative estimate of drug-likeness (QED) is 0.816. The Kier molecular flexibility index (Phi) is 4.25. The lowest BCUT2D eigenvalue weighted by molar-refractivity contribution is -0.139. The second kappa shape index (κ2) is 6.10. The number of nitrogens with zero attached hydrogens (tertiary/aromatic N) is 3. The van der Waals surface area contributed by atoms with E-state index in [1.165, 1.54) is 6.33 Å². The van der Waals surface area contributed by atoms with E-state index in [1.807, 2.05) is 25.1 Å². The Morgan fingerprint density at radius 3 is 2.79 bits per heavy atom. The molecule has 1 unspecified atom stereocenters. The highest BCUT2D eigenvalue weighted by Gasteiger charge is 2.19. The molecule has 0 aliphatic heterocycles. The fourth-order valence-corrected chi connectivity index (χ4v) is 1.88. The van der Waals surface area contributed by atoms with Gasteiger partial charge in [0, 0.05) is 6.54 Å². The van der Waals surface area contributed by atoms with Crippen LogP contribution in [0.1, 0.15) is 24.4 Å². The number of carbonyl (C=O) groups is 1. The molecule has 0 spiro atoms. The molecule has 6 heteroatoms. The van der Waals surface area contributed by atoms with Gasteiger partial charge in [-0.05, 0) is 12.5 Å². The van der Waals surface area contributed by atoms with Crippen LogP contribution >= 0.6 is 0 Å². The zero-order valence-corrected chi connectivity index (χ0v) is 10.7. The number of carboxylic acids is 1. The number of carboxylic acid groups (broad SMARTS) is 1. The van der Waals surface area contributed by atoms with Gasteiger partial charge in [-0.15, -0.1) is 0 Å². The molecule has 0 saturated carbocycles. The van der Waals surface area contributed by atoms with Gasteiger partial charge in [-0.2, -0.15) is 5.10 Å². The van der Waals surface area contributed by atoms with Crippen LogP contribution in [0.2, 0.25) is 0 Å². The molecular formula is C13H16N4O2. The van der Waals surface area contributed by atoms with Crippen molar-refractivity contribution in [2.24, 2.45) is 0 Å². The molecule has 2 rings (SSSR count). The minimum absolute atomic E-state index is 0.361. The van der Waals surface area contributed by atoms with Crippen LogP contribution in [0, 0.1) is 0 Å². The van der Waals surface area contributed by atoms with Crippen molar-refractivity contribution in [1.29, 1.82) is 0 Å². The maximum absolute atomic E-state index is 11.3. The van der Waals surface area contributed by atoms with Gasteiger partial charge in [0.2, 0.25) is 0 Å². The second-order valence-electron chi connectivity index (χ2n) is 4.05. The summed E-state index contributed by atoms with van der Waals surface area (Å²) in [5.41, 5.74) is 0.720. The average Bonchev–Trinajstić information content (AvgIpc) is 2.87. The van der Waals surface area contributed by atoms with Gasteiger partial charge >= 0.3 is 5.97 Å². The fourth-order valence-electron chi connectivity index (χ4n) is 1.88. The Balaban J connectivity index is 2.09. The maximum atomic E-state index is 11.3. The van der Waals surface area contributed by atoms with E-state index in [0.717, 1.165) is 11.4 Å². The van der Waals surface area contributed by atoms with Gasteiger partial charge < -0.3 is 5.11 Å². The van der Waals surface area contributed by atoms with Crippen LogP contribution in [0.15, 0.2) is 36.7 Å². The van der Waals surface area contributed by atoms with Gasteiger partial charge in [0.25, 0.3) is 0 Å². The third-order valence-corrected chi connectivity index (χ3v) is 2.84. The first-order valence-corrected chi connectivity index (χ1v) is 6.10. The molecule has 6 nitrogen and oxygen atoms in total. The van der Waals surface area contributed by atoms with Crippen LogP contribution in [0.4, 0.5) is 0 Å². The molecule has 0 fully saturated rings. The van der Waals surface area contributed by atoms with E-state index in [-0.39, 0.29) is 0 Å². The number of benzene rings is 1. The number of rotatable bonds is 6. The summed E-state index contributed by atoms with van der Waals surface area (Å²) in [6.45, 7) is 3.03. The lowest BCUT2D eigenvalue weighted by Crippen LogP contribution is -2.29. The number of aliphatic carboxylic acids is 1. The predicted octanol–water partition coefficient (Wildman–Crippen LogP) is 1.21. The zero-order valence-electron chi connectivity index (χ0n) is 10.7. The van der Waals surface area contributed by atoms with E-state index in [9.17, 15) is 9.90 Å². The molecule has 0 saturated heterocycles. The summed E-state index contributed by atoms with van der Waals surface area (Å²) < 4.78 is 1.73. The first-order valence-electron chi connectivity index (χ1n) is 6.10. The molecule has 1 aromatic heterocycles. The molecule has 1 heterocycles. The van der Waals surface area contributed by atoms with Crippen LogP contribution in [0.5, 0.6) is 0 Å². The van der Waals surface area contributed by atoms with Crippen molar-refractivity contribution >= 4 is 5.97 Å². The Morgan fingerprint density at radius 1 is 1.42 bits per heavy atom. The highest BCUT2D eigenvalue weighted by molar-refractivity contribution is 5.75. The molecule has 2 aromatic rings. The Morgan fingerprint density at radius 2 is 2.16 bits per heavy atom. The second-order valence-corrected chi connectivity index (χ2v) is 4.05. The van der Waals surface area contributed by atoms with E-state index < -0.39 is 12.0 Å². The summed E-state index contributed by atoms with van der Waals surface area (Å²) in [4.78, 5) is 15.4. The summed E-state index contributed by atoms with van der Waals surface area (Å²) in [7, 11) is 0. The topological polar surface area (TPSA) is 80.0 Å². The SMILES string of the molecule is CCn1ncnc1CNC(C(=O)O)c1ccccc1. The van der Waals surface area contributed by atoms with Crippen molar-refractivity contribution in [1.82, 2.24) is 20.1 Å². The van der Waals surface area contributed by atoms with Gasteiger partial charge in [-0.3, -0.25) is 10.1 Å². The van der Waals surface area contributed by atoms with Crippen LogP contribution in [0.3, 0.4) is 0 Å². The Labute approximate surface area is 111 Å². The predicted molar refractivity (Wildman–Crippen MR) is 69.4 cm³/mol. The van der Waals surface area contributed by atoms with Crippen LogP contribution in [-0.2, 0) is 17.9 Å². The van der Waals surface area contributed by atoms with Crippen LogP contribution < -0.4 is 5.32 Å². The monoisotopic (exact) mass is 260 g/mol. The van der Waals surface area contributed by atoms with Gasteiger partial charge in [-0.25, -0.2) is 9.67 Å². The van der Waals surface area contributed by atoms with Crippen molar-refractivity contribution in [2.75, 3.05) is 0 Å². The molecule has 0 bridgehead atoms. The summed E-state index contributed by atoms with van der Waals surface area (Å²) >= 11 is 0. The summed E-state index contributed by atoms with van der Waals surface area (Å²) in [5.74, 6) is -0.182. The first-order chi connectivity index (χ1) is 9.22. The van der Waals surface area contributed by atoms with Gasteiger partial charge in [0.15, 0.2) is 0 Å². The van der Waals surface area contributed by atoms with Crippen molar-refractivity contribution < 1.29 is 9.90 Å². The molecule has 2 N–H and O–H groups in total. The van der Waals surface area contributed by atoms with E-state index in [2.05, 4.69) is 15.4 Å². The minimum atomic E-state index is -0.909. The molecule has 19 heavy (non-hydrogen) atoms. The van der Waals surface area contributed by atoms with Crippen molar-refractivity contribution in [3.63, 3.8) is 0 Å². The smallest absolute Gasteiger partial charge is 0.325 e. The molecule has 0 aliphatic rings. The van der Waals surface area contributed by atoms with Gasteiger partial charge in [0.05, 0.1) is 6.54 Å². The van der Waals surface area contributed by atoms with E-state index in [4.69, 9.17) is 0 Å². The van der Waals surface area contributed by atoms with Gasteiger partial charge in [-0.1, -0.05) is 30.3 Å². The highest BCUT2D eigenvalue weighted by Crippen LogP contribution is 2.13. The first kappa shape index (κ1) is 13.2. The summed E-state index contributed by atoms with van der Waals surface area (Å²) in [6, 6.07) is 8.33. The molecule has 1 aromatic carbocycles. The summed E-state index contributed by atoms with van der Waals surface area (Å²) in [5, 5.41) is 16.3. The number of hydrogen-bond donors (Lipinski definition) is 2.